The monoisotopic (exact) mass is 386 g/mol. The van der Waals surface area contributed by atoms with E-state index in [-0.39, 0.29) is 17.9 Å². The third-order valence-corrected chi connectivity index (χ3v) is 5.86. The lowest BCUT2D eigenvalue weighted by atomic mass is 9.97. The third kappa shape index (κ3) is 5.25. The van der Waals surface area contributed by atoms with E-state index >= 15 is 0 Å². The second-order valence-corrected chi connectivity index (χ2v) is 8.12. The molecule has 0 saturated carbocycles. The summed E-state index contributed by atoms with van der Waals surface area (Å²) in [6, 6.07) is 7.88. The van der Waals surface area contributed by atoms with Gasteiger partial charge in [-0.25, -0.2) is 0 Å². The summed E-state index contributed by atoms with van der Waals surface area (Å²) in [5, 5.41) is 6.31. The topological polar surface area (TPSA) is 64.7 Å². The number of carbonyl (C=O) groups is 2. The molecule has 3 rings (SSSR count). The minimum Gasteiger partial charge on any atom is -0.375 e. The van der Waals surface area contributed by atoms with Gasteiger partial charge >= 0.3 is 0 Å². The van der Waals surface area contributed by atoms with E-state index in [9.17, 15) is 9.59 Å². The van der Waals surface area contributed by atoms with Crippen molar-refractivity contribution in [3.63, 3.8) is 0 Å². The quantitative estimate of drug-likeness (QED) is 0.754. The number of amides is 2. The molecule has 0 spiro atoms. The number of anilines is 1. The summed E-state index contributed by atoms with van der Waals surface area (Å²) in [4.78, 5) is 29.3. The van der Waals surface area contributed by atoms with E-state index in [0.29, 0.717) is 19.0 Å². The average molecular weight is 387 g/mol. The maximum atomic E-state index is 12.9. The van der Waals surface area contributed by atoms with Gasteiger partial charge in [0.15, 0.2) is 0 Å². The number of hydrogen-bond donors (Lipinski definition) is 2. The number of benzene rings is 1. The van der Waals surface area contributed by atoms with Gasteiger partial charge in [0.25, 0.3) is 5.91 Å². The number of carbonyl (C=O) groups excluding carboxylic acids is 2. The van der Waals surface area contributed by atoms with Gasteiger partial charge in [-0.3, -0.25) is 9.59 Å². The van der Waals surface area contributed by atoms with Crippen molar-refractivity contribution >= 4 is 17.5 Å². The van der Waals surface area contributed by atoms with Crippen molar-refractivity contribution in [3.8, 4) is 0 Å². The number of piperidine rings is 1. The Morgan fingerprint density at radius 3 is 2.68 bits per heavy atom. The molecule has 2 N–H and O–H groups in total. The van der Waals surface area contributed by atoms with Crippen molar-refractivity contribution in [2.45, 2.75) is 45.1 Å². The van der Waals surface area contributed by atoms with E-state index in [1.807, 2.05) is 29.2 Å². The van der Waals surface area contributed by atoms with Crippen LogP contribution in [0.4, 0.5) is 5.69 Å². The minimum absolute atomic E-state index is 0.0364. The van der Waals surface area contributed by atoms with E-state index < -0.39 is 0 Å². The van der Waals surface area contributed by atoms with Crippen molar-refractivity contribution in [1.29, 1.82) is 0 Å². The maximum absolute atomic E-state index is 12.9. The van der Waals surface area contributed by atoms with Crippen molar-refractivity contribution in [1.82, 2.24) is 15.5 Å². The van der Waals surface area contributed by atoms with Gasteiger partial charge in [0.05, 0.1) is 6.04 Å². The summed E-state index contributed by atoms with van der Waals surface area (Å²) in [6.07, 6.45) is 5.13. The average Bonchev–Trinajstić information content (AvgIpc) is 3.27. The Kier molecular flexibility index (Phi) is 7.31. The van der Waals surface area contributed by atoms with Crippen molar-refractivity contribution < 1.29 is 9.59 Å². The zero-order valence-electron chi connectivity index (χ0n) is 17.2. The number of likely N-dealkylation sites (tertiary alicyclic amines) is 1. The summed E-state index contributed by atoms with van der Waals surface area (Å²) < 4.78 is 0. The zero-order valence-corrected chi connectivity index (χ0v) is 17.2. The Hall–Kier alpha value is -2.08. The number of rotatable bonds is 7. The molecule has 2 aliphatic heterocycles. The van der Waals surface area contributed by atoms with E-state index in [1.165, 1.54) is 0 Å². The highest BCUT2D eigenvalue weighted by atomic mass is 16.2. The Labute approximate surface area is 168 Å². The summed E-state index contributed by atoms with van der Waals surface area (Å²) in [5.41, 5.74) is 1.88. The molecule has 2 saturated heterocycles. The third-order valence-electron chi connectivity index (χ3n) is 5.86. The molecule has 2 atom stereocenters. The Balaban J connectivity index is 1.51. The van der Waals surface area contributed by atoms with Gasteiger partial charge in [-0.05, 0) is 68.8 Å². The minimum atomic E-state index is -0.0364. The molecule has 28 heavy (non-hydrogen) atoms. The fourth-order valence-corrected chi connectivity index (χ4v) is 4.20. The van der Waals surface area contributed by atoms with Crippen LogP contribution < -0.4 is 15.5 Å². The summed E-state index contributed by atoms with van der Waals surface area (Å²) in [7, 11) is 2.07. The van der Waals surface area contributed by atoms with Crippen LogP contribution in [-0.2, 0) is 4.79 Å². The van der Waals surface area contributed by atoms with Gasteiger partial charge in [-0.2, -0.15) is 0 Å². The fourth-order valence-electron chi connectivity index (χ4n) is 4.20. The second-order valence-electron chi connectivity index (χ2n) is 8.12. The lowest BCUT2D eigenvalue weighted by Crippen LogP contribution is -2.46. The van der Waals surface area contributed by atoms with Crippen LogP contribution >= 0.6 is 0 Å². The molecule has 0 bridgehead atoms. The van der Waals surface area contributed by atoms with E-state index in [4.69, 9.17) is 0 Å². The predicted octanol–water partition coefficient (Wildman–Crippen LogP) is 2.25. The van der Waals surface area contributed by atoms with Gasteiger partial charge in [-0.15, -0.1) is 0 Å². The molecule has 154 valence electrons. The molecule has 0 aliphatic carbocycles. The lowest BCUT2D eigenvalue weighted by Gasteiger charge is -2.33. The van der Waals surface area contributed by atoms with Crippen molar-refractivity contribution in [2.24, 2.45) is 5.92 Å². The molecule has 6 nitrogen and oxygen atoms in total. The molecule has 2 unspecified atom stereocenters. The van der Waals surface area contributed by atoms with Crippen molar-refractivity contribution in [3.05, 3.63) is 29.8 Å². The van der Waals surface area contributed by atoms with Gasteiger partial charge < -0.3 is 20.4 Å². The maximum Gasteiger partial charge on any atom is 0.253 e. The normalized spacial score (nSPS) is 22.1. The standard InChI is InChI=1S/C22H34N4O2/c1-3-13-25(2)19-10-8-18(9-11-19)22(28)26-14-5-6-17(16-26)15-24-21(27)20-7-4-12-23-20/h8-11,17,20,23H,3-7,12-16H2,1-2H3,(H,24,27). The smallest absolute Gasteiger partial charge is 0.253 e. The van der Waals surface area contributed by atoms with Crippen LogP contribution in [0.3, 0.4) is 0 Å². The first-order valence-corrected chi connectivity index (χ1v) is 10.7. The van der Waals surface area contributed by atoms with E-state index in [0.717, 1.165) is 63.0 Å². The number of nitrogens with zero attached hydrogens (tertiary/aromatic N) is 2. The zero-order chi connectivity index (χ0) is 19.9. The van der Waals surface area contributed by atoms with Gasteiger partial charge in [0.1, 0.15) is 0 Å². The SMILES string of the molecule is CCCN(C)c1ccc(C(=O)N2CCCC(CNC(=O)C3CCCN3)C2)cc1. The van der Waals surface area contributed by atoms with Crippen LogP contribution in [0.15, 0.2) is 24.3 Å². The highest BCUT2D eigenvalue weighted by Crippen LogP contribution is 2.20. The van der Waals surface area contributed by atoms with Crippen LogP contribution in [0.2, 0.25) is 0 Å². The first kappa shape index (κ1) is 20.6. The molecule has 0 radical (unpaired) electrons. The molecular formula is C22H34N4O2. The molecular weight excluding hydrogens is 352 g/mol. The molecule has 0 aromatic heterocycles. The molecule has 2 heterocycles. The lowest BCUT2D eigenvalue weighted by molar-refractivity contribution is -0.123. The van der Waals surface area contributed by atoms with Gasteiger partial charge in [0.2, 0.25) is 5.91 Å². The molecule has 2 fully saturated rings. The van der Waals surface area contributed by atoms with E-state index in [1.54, 1.807) is 0 Å². The fraction of sp³-hybridized carbons (Fsp3) is 0.636. The summed E-state index contributed by atoms with van der Waals surface area (Å²) in [5.74, 6) is 0.531. The van der Waals surface area contributed by atoms with Crippen molar-refractivity contribution in [2.75, 3.05) is 44.7 Å². The van der Waals surface area contributed by atoms with Gasteiger partial charge in [0, 0.05) is 44.5 Å². The van der Waals surface area contributed by atoms with Crippen LogP contribution in [0, 0.1) is 5.92 Å². The Bertz CT molecular complexity index is 655. The second kappa shape index (κ2) is 9.92. The Morgan fingerprint density at radius 1 is 1.21 bits per heavy atom. The number of nitrogens with one attached hydrogen (secondary N) is 2. The van der Waals surface area contributed by atoms with Gasteiger partial charge in [-0.1, -0.05) is 6.92 Å². The molecule has 6 heteroatoms. The summed E-state index contributed by atoms with van der Waals surface area (Å²) in [6.45, 7) is 6.26. The highest BCUT2D eigenvalue weighted by Gasteiger charge is 2.27. The first-order chi connectivity index (χ1) is 13.6. The van der Waals surface area contributed by atoms with E-state index in [2.05, 4.69) is 29.5 Å². The van der Waals surface area contributed by atoms with Crippen LogP contribution in [-0.4, -0.2) is 62.5 Å². The van der Waals surface area contributed by atoms with Crippen LogP contribution in [0.25, 0.3) is 0 Å². The highest BCUT2D eigenvalue weighted by molar-refractivity contribution is 5.94. The molecule has 1 aromatic rings. The number of hydrogen-bond acceptors (Lipinski definition) is 4. The predicted molar refractivity (Wildman–Crippen MR) is 113 cm³/mol. The first-order valence-electron chi connectivity index (χ1n) is 10.7. The van der Waals surface area contributed by atoms with Crippen LogP contribution in [0.5, 0.6) is 0 Å². The van der Waals surface area contributed by atoms with Crippen LogP contribution in [0.1, 0.15) is 49.4 Å². The molecule has 2 aliphatic rings. The summed E-state index contributed by atoms with van der Waals surface area (Å²) >= 11 is 0. The molecule has 1 aromatic carbocycles. The Morgan fingerprint density at radius 2 is 2.00 bits per heavy atom. The largest absolute Gasteiger partial charge is 0.375 e. The molecule has 2 amide bonds.